The normalized spacial score (nSPS) is 17.8. The summed E-state index contributed by atoms with van der Waals surface area (Å²) in [5.41, 5.74) is 1.35. The van der Waals surface area contributed by atoms with Crippen LogP contribution >= 0.6 is 40.7 Å². The minimum absolute atomic E-state index is 0. The van der Waals surface area contributed by atoms with Crippen LogP contribution in [0.25, 0.3) is 0 Å². The van der Waals surface area contributed by atoms with Gasteiger partial charge in [0, 0.05) is 36.7 Å². The van der Waals surface area contributed by atoms with Crippen LogP contribution in [-0.4, -0.2) is 38.2 Å². The number of benzene rings is 1. The number of piperazine rings is 1. The van der Waals surface area contributed by atoms with Gasteiger partial charge in [0.15, 0.2) is 0 Å². The lowest BCUT2D eigenvalue weighted by Crippen LogP contribution is -2.46. The van der Waals surface area contributed by atoms with Crippen LogP contribution in [0, 0.1) is 5.92 Å². The molecule has 1 aromatic rings. The molecule has 0 radical (unpaired) electrons. The van der Waals surface area contributed by atoms with E-state index < -0.39 is 0 Å². The molecule has 2 rings (SSSR count). The lowest BCUT2D eigenvalue weighted by molar-refractivity contribution is 0.128. The van der Waals surface area contributed by atoms with E-state index in [4.69, 9.17) is 4.74 Å². The summed E-state index contributed by atoms with van der Waals surface area (Å²) in [6.45, 7) is 8.99. The van der Waals surface area contributed by atoms with E-state index in [1.165, 1.54) is 16.5 Å². The predicted octanol–water partition coefficient (Wildman–Crippen LogP) is 4.29. The highest BCUT2D eigenvalue weighted by Crippen LogP contribution is 2.37. The topological polar surface area (TPSA) is 24.5 Å². The van der Waals surface area contributed by atoms with Crippen LogP contribution in [-0.2, 0) is 0 Å². The Kier molecular flexibility index (Phi) is 10.7. The molecule has 0 bridgehead atoms. The van der Waals surface area contributed by atoms with Crippen molar-refractivity contribution < 1.29 is 4.74 Å². The van der Waals surface area contributed by atoms with Crippen LogP contribution in [0.4, 0.5) is 0 Å². The second kappa shape index (κ2) is 10.7. The zero-order chi connectivity index (χ0) is 14.5. The average Bonchev–Trinajstić information content (AvgIpc) is 2.50. The Balaban J connectivity index is 0.00000220. The molecule has 1 unspecified atom stereocenters. The van der Waals surface area contributed by atoms with Crippen molar-refractivity contribution in [1.29, 1.82) is 0 Å². The van der Waals surface area contributed by atoms with Gasteiger partial charge in [-0.3, -0.25) is 4.90 Å². The molecule has 6 heteroatoms. The maximum absolute atomic E-state index is 5.41. The van der Waals surface area contributed by atoms with Gasteiger partial charge in [0.1, 0.15) is 5.75 Å². The molecule has 1 heterocycles. The molecule has 2 atom stereocenters. The maximum atomic E-state index is 5.41. The summed E-state index contributed by atoms with van der Waals surface area (Å²) in [5.74, 6) is 1.56. The van der Waals surface area contributed by atoms with E-state index in [0.717, 1.165) is 31.9 Å². The summed E-state index contributed by atoms with van der Waals surface area (Å²) in [7, 11) is 1.73. The Morgan fingerprint density at radius 1 is 1.27 bits per heavy atom. The van der Waals surface area contributed by atoms with Gasteiger partial charge in [0.05, 0.1) is 7.11 Å². The first kappa shape index (κ1) is 22.0. The van der Waals surface area contributed by atoms with Crippen molar-refractivity contribution in [2.45, 2.75) is 26.3 Å². The van der Waals surface area contributed by atoms with Gasteiger partial charge in [-0.15, -0.1) is 24.8 Å². The van der Waals surface area contributed by atoms with E-state index in [0.29, 0.717) is 12.0 Å². The van der Waals surface area contributed by atoms with Crippen molar-refractivity contribution in [3.05, 3.63) is 28.2 Å². The first-order chi connectivity index (χ1) is 9.67. The molecule has 1 aliphatic heterocycles. The van der Waals surface area contributed by atoms with E-state index in [1.807, 2.05) is 6.07 Å². The number of rotatable bonds is 5. The quantitative estimate of drug-likeness (QED) is 0.778. The molecule has 128 valence electrons. The lowest BCUT2D eigenvalue weighted by atomic mass is 9.90. The van der Waals surface area contributed by atoms with E-state index >= 15 is 0 Å². The summed E-state index contributed by atoms with van der Waals surface area (Å²) >= 11 is 3.73. The molecule has 1 N–H and O–H groups in total. The first-order valence-electron chi connectivity index (χ1n) is 7.45. The van der Waals surface area contributed by atoms with Gasteiger partial charge in [-0.25, -0.2) is 0 Å². The molecule has 1 fully saturated rings. The molecule has 1 aliphatic rings. The highest BCUT2D eigenvalue weighted by Gasteiger charge is 2.28. The van der Waals surface area contributed by atoms with Gasteiger partial charge >= 0.3 is 0 Å². The van der Waals surface area contributed by atoms with Crippen LogP contribution in [0.3, 0.4) is 0 Å². The van der Waals surface area contributed by atoms with Crippen molar-refractivity contribution in [3.63, 3.8) is 0 Å². The Morgan fingerprint density at radius 3 is 2.45 bits per heavy atom. The molecule has 1 saturated heterocycles. The number of hydrogen-bond donors (Lipinski definition) is 1. The molecule has 0 aliphatic carbocycles. The minimum Gasteiger partial charge on any atom is -0.497 e. The molecule has 0 aromatic heterocycles. The minimum atomic E-state index is 0. The van der Waals surface area contributed by atoms with Crippen molar-refractivity contribution in [2.24, 2.45) is 5.92 Å². The Morgan fingerprint density at radius 2 is 1.91 bits per heavy atom. The second-order valence-corrected chi connectivity index (χ2v) is 6.36. The maximum Gasteiger partial charge on any atom is 0.119 e. The zero-order valence-electron chi connectivity index (χ0n) is 13.5. The Hall–Kier alpha value is -0.000000000000000222. The molecule has 22 heavy (non-hydrogen) atoms. The van der Waals surface area contributed by atoms with Crippen molar-refractivity contribution in [2.75, 3.05) is 33.3 Å². The van der Waals surface area contributed by atoms with Gasteiger partial charge in [-0.2, -0.15) is 0 Å². The highest BCUT2D eigenvalue weighted by atomic mass is 79.9. The largest absolute Gasteiger partial charge is 0.497 e. The van der Waals surface area contributed by atoms with E-state index in [1.54, 1.807) is 7.11 Å². The van der Waals surface area contributed by atoms with E-state index in [2.05, 4.69) is 52.1 Å². The van der Waals surface area contributed by atoms with Crippen LogP contribution in [0.2, 0.25) is 0 Å². The number of nitrogens with zero attached hydrogens (tertiary/aromatic N) is 1. The summed E-state index contributed by atoms with van der Waals surface area (Å²) in [4.78, 5) is 2.60. The summed E-state index contributed by atoms with van der Waals surface area (Å²) in [5, 5.41) is 3.44. The number of halogens is 3. The van der Waals surface area contributed by atoms with Crippen LogP contribution in [0.5, 0.6) is 5.75 Å². The van der Waals surface area contributed by atoms with Crippen LogP contribution < -0.4 is 10.1 Å². The fourth-order valence-electron chi connectivity index (χ4n) is 2.92. The summed E-state index contributed by atoms with van der Waals surface area (Å²) in [6.07, 6.45) is 1.18. The van der Waals surface area contributed by atoms with Gasteiger partial charge in [-0.05, 0) is 29.7 Å². The highest BCUT2D eigenvalue weighted by molar-refractivity contribution is 9.10. The molecule has 0 saturated carbocycles. The fraction of sp³-hybridized carbons (Fsp3) is 0.625. The SMILES string of the molecule is CCC(C)[C@@H](c1cc(OC)ccc1Br)N1CCNCC1.Cl.Cl. The molecular formula is C16H27BrCl2N2O. The number of ether oxygens (including phenoxy) is 1. The van der Waals surface area contributed by atoms with Crippen LogP contribution in [0.15, 0.2) is 22.7 Å². The standard InChI is InChI=1S/C16H25BrN2O.2ClH/c1-4-12(2)16(19-9-7-18-8-10-19)14-11-13(20-3)5-6-15(14)17;;/h5-6,11-12,16,18H,4,7-10H2,1-3H3;2*1H/t12?,16-;;/m0../s1. The van der Waals surface area contributed by atoms with Gasteiger partial charge < -0.3 is 10.1 Å². The Labute approximate surface area is 155 Å². The monoisotopic (exact) mass is 412 g/mol. The van der Waals surface area contributed by atoms with Gasteiger partial charge in [0.2, 0.25) is 0 Å². The second-order valence-electron chi connectivity index (χ2n) is 5.50. The third kappa shape index (κ3) is 5.27. The fourth-order valence-corrected chi connectivity index (χ4v) is 3.40. The van der Waals surface area contributed by atoms with Gasteiger partial charge in [0.25, 0.3) is 0 Å². The molecule has 3 nitrogen and oxygen atoms in total. The molecule has 0 amide bonds. The number of hydrogen-bond acceptors (Lipinski definition) is 3. The molecular weight excluding hydrogens is 387 g/mol. The summed E-state index contributed by atoms with van der Waals surface area (Å²) < 4.78 is 6.59. The van der Waals surface area contributed by atoms with E-state index in [-0.39, 0.29) is 24.8 Å². The van der Waals surface area contributed by atoms with Crippen molar-refractivity contribution in [3.8, 4) is 5.75 Å². The third-order valence-corrected chi connectivity index (χ3v) is 4.97. The molecule has 1 aromatic carbocycles. The molecule has 0 spiro atoms. The van der Waals surface area contributed by atoms with Crippen molar-refractivity contribution >= 4 is 40.7 Å². The van der Waals surface area contributed by atoms with Crippen LogP contribution in [0.1, 0.15) is 31.9 Å². The third-order valence-electron chi connectivity index (χ3n) is 4.25. The van der Waals surface area contributed by atoms with Gasteiger partial charge in [-0.1, -0.05) is 36.2 Å². The lowest BCUT2D eigenvalue weighted by Gasteiger charge is -2.39. The Bertz CT molecular complexity index is 442. The number of methoxy groups -OCH3 is 1. The summed E-state index contributed by atoms with van der Waals surface area (Å²) in [6, 6.07) is 6.75. The average molecular weight is 414 g/mol. The van der Waals surface area contributed by atoms with Crippen molar-refractivity contribution in [1.82, 2.24) is 10.2 Å². The first-order valence-corrected chi connectivity index (χ1v) is 8.24. The predicted molar refractivity (Wildman–Crippen MR) is 102 cm³/mol. The van der Waals surface area contributed by atoms with E-state index in [9.17, 15) is 0 Å². The smallest absolute Gasteiger partial charge is 0.119 e. The number of nitrogens with one attached hydrogen (secondary N) is 1. The zero-order valence-corrected chi connectivity index (χ0v) is 16.7.